The summed E-state index contributed by atoms with van der Waals surface area (Å²) in [7, 11) is 0. The van der Waals surface area contributed by atoms with E-state index in [1.165, 1.54) is 13.8 Å². The van der Waals surface area contributed by atoms with Gasteiger partial charge in [0.2, 0.25) is 0 Å². The summed E-state index contributed by atoms with van der Waals surface area (Å²) in [6, 6.07) is 0. The molecule has 0 saturated carbocycles. The summed E-state index contributed by atoms with van der Waals surface area (Å²) in [5.74, 6) is -0.185. The molecule has 0 spiro atoms. The third kappa shape index (κ3) is 18.4. The van der Waals surface area contributed by atoms with Crippen molar-refractivity contribution in [2.24, 2.45) is 0 Å². The molecule has 0 bridgehead atoms. The van der Waals surface area contributed by atoms with Crippen molar-refractivity contribution >= 4 is 5.78 Å². The summed E-state index contributed by atoms with van der Waals surface area (Å²) < 4.78 is 0. The Morgan fingerprint density at radius 1 is 1.67 bits per heavy atom. The Hall–Kier alpha value is -0.410. The maximum atomic E-state index is 9.89. The lowest BCUT2D eigenvalue weighted by atomic mass is 10.3. The first-order valence-electron chi connectivity index (χ1n) is 2.85. The molecule has 0 saturated heterocycles. The monoisotopic (exact) mass is 134 g/mol. The van der Waals surface area contributed by atoms with Crippen LogP contribution in [-0.4, -0.2) is 28.7 Å². The highest BCUT2D eigenvalue weighted by atomic mass is 16.3. The van der Waals surface area contributed by atoms with E-state index in [0.29, 0.717) is 0 Å². The molecule has 9 heavy (non-hydrogen) atoms. The summed E-state index contributed by atoms with van der Waals surface area (Å²) >= 11 is 0. The van der Waals surface area contributed by atoms with Gasteiger partial charge in [0.15, 0.2) is 5.78 Å². The average Bonchev–Trinajstić information content (AvgIpc) is 1.68. The van der Waals surface area contributed by atoms with Crippen molar-refractivity contribution in [2.75, 3.05) is 6.61 Å². The van der Waals surface area contributed by atoms with Crippen LogP contribution >= 0.6 is 0 Å². The van der Waals surface area contributed by atoms with E-state index in [1.807, 2.05) is 0 Å². The normalized spacial score (nSPS) is 11.2. The Balaban J connectivity index is 0. The van der Waals surface area contributed by atoms with E-state index >= 15 is 0 Å². The van der Waals surface area contributed by atoms with Crippen molar-refractivity contribution < 1.29 is 15.0 Å². The first-order valence-corrected chi connectivity index (χ1v) is 2.85. The maximum Gasteiger partial charge on any atom is 0.157 e. The third-order valence-electron chi connectivity index (χ3n) is 0.588. The van der Waals surface area contributed by atoms with Crippen LogP contribution in [0.25, 0.3) is 0 Å². The van der Waals surface area contributed by atoms with Crippen molar-refractivity contribution in [1.82, 2.24) is 0 Å². The number of aliphatic hydroxyl groups excluding tert-OH is 2. The smallest absolute Gasteiger partial charge is 0.157 e. The molecule has 1 unspecified atom stereocenters. The number of carbonyl (C=O) groups excluding carboxylic acids is 1. The second-order valence-corrected chi connectivity index (χ2v) is 1.60. The van der Waals surface area contributed by atoms with Crippen LogP contribution in [-0.2, 0) is 4.79 Å². The molecule has 3 heteroatoms. The molecule has 3 nitrogen and oxygen atoms in total. The Morgan fingerprint density at radius 2 is 1.78 bits per heavy atom. The van der Waals surface area contributed by atoms with Crippen molar-refractivity contribution in [2.45, 2.75) is 26.9 Å². The Bertz CT molecular complexity index is 68.7. The molecule has 0 radical (unpaired) electrons. The van der Waals surface area contributed by atoms with Crippen molar-refractivity contribution in [3.63, 3.8) is 0 Å². The largest absolute Gasteiger partial charge is 0.397 e. The molecule has 0 aromatic carbocycles. The van der Waals surface area contributed by atoms with Crippen LogP contribution in [0.2, 0.25) is 0 Å². The number of hydrogen-bond acceptors (Lipinski definition) is 3. The highest BCUT2D eigenvalue weighted by Gasteiger charge is 1.97. The summed E-state index contributed by atoms with van der Waals surface area (Å²) in [5, 5.41) is 15.8. The Labute approximate surface area is 55.3 Å². The molecule has 0 aromatic heterocycles. The number of Topliss-reactive ketones (excluding diaryl/α,β-unsaturated/α-hetero) is 1. The number of carbonyl (C=O) groups is 1. The van der Waals surface area contributed by atoms with Crippen LogP contribution < -0.4 is 0 Å². The third-order valence-corrected chi connectivity index (χ3v) is 0.588. The molecule has 0 heterocycles. The number of ketones is 1. The lowest BCUT2D eigenvalue weighted by molar-refractivity contribution is -0.124. The van der Waals surface area contributed by atoms with E-state index in [0.717, 1.165) is 0 Å². The van der Waals surface area contributed by atoms with Gasteiger partial charge in [-0.1, -0.05) is 0 Å². The topological polar surface area (TPSA) is 57.5 Å². The SMILES string of the molecule is CC(=O)C(C)O.CCO. The molecule has 0 aromatic rings. The van der Waals surface area contributed by atoms with Crippen LogP contribution in [0.1, 0.15) is 20.8 Å². The number of aliphatic hydroxyl groups is 2. The molecular formula is C6H14O3. The molecule has 0 aliphatic carbocycles. The van der Waals surface area contributed by atoms with Crippen LogP contribution in [0, 0.1) is 0 Å². The standard InChI is InChI=1S/C4H8O2.C2H6O/c1-3(5)4(2)6;1-2-3/h3,5H,1-2H3;3H,2H2,1H3. The predicted octanol–water partition coefficient (Wildman–Crippen LogP) is -0.0452. The lowest BCUT2D eigenvalue weighted by Crippen LogP contribution is -2.10. The molecule has 2 N–H and O–H groups in total. The summed E-state index contributed by atoms with van der Waals surface area (Å²) in [5.41, 5.74) is 0. The van der Waals surface area contributed by atoms with Crippen LogP contribution in [0.5, 0.6) is 0 Å². The van der Waals surface area contributed by atoms with Crippen LogP contribution in [0.4, 0.5) is 0 Å². The van der Waals surface area contributed by atoms with Gasteiger partial charge in [0.05, 0.1) is 0 Å². The second-order valence-electron chi connectivity index (χ2n) is 1.60. The summed E-state index contributed by atoms with van der Waals surface area (Å²) in [4.78, 5) is 9.89. The fraction of sp³-hybridized carbons (Fsp3) is 0.833. The van der Waals surface area contributed by atoms with Gasteiger partial charge in [0.25, 0.3) is 0 Å². The van der Waals surface area contributed by atoms with E-state index < -0.39 is 6.10 Å². The maximum absolute atomic E-state index is 9.89. The highest BCUT2D eigenvalue weighted by molar-refractivity contribution is 5.79. The molecule has 56 valence electrons. The van der Waals surface area contributed by atoms with Crippen molar-refractivity contribution in [1.29, 1.82) is 0 Å². The van der Waals surface area contributed by atoms with Gasteiger partial charge in [0, 0.05) is 6.61 Å². The zero-order valence-corrected chi connectivity index (χ0v) is 6.09. The van der Waals surface area contributed by atoms with Gasteiger partial charge < -0.3 is 10.2 Å². The zero-order chi connectivity index (χ0) is 7.86. The van der Waals surface area contributed by atoms with Gasteiger partial charge in [-0.05, 0) is 20.8 Å². The van der Waals surface area contributed by atoms with Gasteiger partial charge in [-0.2, -0.15) is 0 Å². The first kappa shape index (κ1) is 11.4. The number of hydrogen-bond donors (Lipinski definition) is 2. The minimum atomic E-state index is -0.787. The minimum absolute atomic E-state index is 0.185. The summed E-state index contributed by atoms with van der Waals surface area (Å²) in [6.45, 7) is 4.73. The van der Waals surface area contributed by atoms with E-state index in [4.69, 9.17) is 10.2 Å². The quantitative estimate of drug-likeness (QED) is 0.529. The molecule has 1 atom stereocenters. The van der Waals surface area contributed by atoms with E-state index in [1.54, 1.807) is 6.92 Å². The average molecular weight is 134 g/mol. The lowest BCUT2D eigenvalue weighted by Gasteiger charge is -1.90. The minimum Gasteiger partial charge on any atom is -0.397 e. The fourth-order valence-corrected chi connectivity index (χ4v) is 0. The second kappa shape index (κ2) is 7.59. The van der Waals surface area contributed by atoms with Gasteiger partial charge >= 0.3 is 0 Å². The summed E-state index contributed by atoms with van der Waals surface area (Å²) in [6.07, 6.45) is -0.787. The molecule has 0 aliphatic heterocycles. The van der Waals surface area contributed by atoms with Crippen molar-refractivity contribution in [3.05, 3.63) is 0 Å². The Morgan fingerprint density at radius 3 is 1.78 bits per heavy atom. The van der Waals surface area contributed by atoms with Crippen LogP contribution in [0.15, 0.2) is 0 Å². The molecular weight excluding hydrogens is 120 g/mol. The number of rotatable bonds is 1. The van der Waals surface area contributed by atoms with E-state index in [9.17, 15) is 4.79 Å². The van der Waals surface area contributed by atoms with Crippen molar-refractivity contribution in [3.8, 4) is 0 Å². The van der Waals surface area contributed by atoms with Gasteiger partial charge in [0.1, 0.15) is 6.10 Å². The predicted molar refractivity (Wildman–Crippen MR) is 35.1 cm³/mol. The van der Waals surface area contributed by atoms with Gasteiger partial charge in [-0.15, -0.1) is 0 Å². The molecule has 0 amide bonds. The molecule has 0 fully saturated rings. The molecule has 0 rings (SSSR count). The first-order chi connectivity index (χ1) is 4.06. The zero-order valence-electron chi connectivity index (χ0n) is 6.09. The van der Waals surface area contributed by atoms with Crippen LogP contribution in [0.3, 0.4) is 0 Å². The van der Waals surface area contributed by atoms with Gasteiger partial charge in [-0.3, -0.25) is 4.79 Å². The van der Waals surface area contributed by atoms with Gasteiger partial charge in [-0.25, -0.2) is 0 Å². The van der Waals surface area contributed by atoms with E-state index in [2.05, 4.69) is 0 Å². The van der Waals surface area contributed by atoms with E-state index in [-0.39, 0.29) is 12.4 Å². The fourth-order valence-electron chi connectivity index (χ4n) is 0. The Kier molecular flexibility index (Phi) is 9.61. The highest BCUT2D eigenvalue weighted by Crippen LogP contribution is 1.76. The molecule has 0 aliphatic rings.